The molecule has 2 aromatic carbocycles. The highest BCUT2D eigenvalue weighted by atomic mass is 19.4. The Morgan fingerprint density at radius 1 is 1.20 bits per heavy atom. The summed E-state index contributed by atoms with van der Waals surface area (Å²) in [5.74, 6) is -1.38. The third-order valence-electron chi connectivity index (χ3n) is 7.27. The van der Waals surface area contributed by atoms with Crippen molar-refractivity contribution in [3.8, 4) is 6.07 Å². The number of nitriles is 1. The lowest BCUT2D eigenvalue weighted by Gasteiger charge is -2.41. The molecule has 216 valence electrons. The summed E-state index contributed by atoms with van der Waals surface area (Å²) in [6.45, 7) is 2.99. The van der Waals surface area contributed by atoms with E-state index in [1.807, 2.05) is 6.07 Å². The Bertz CT molecular complexity index is 1450. The van der Waals surface area contributed by atoms with Gasteiger partial charge >= 0.3 is 18.2 Å². The zero-order chi connectivity index (χ0) is 30.1. The standard InChI is InChI=1S/C29H29F3N4O5/c1-4-41-27(39)24-16(2)36(20-7-5-6-18(13-20)29(30,31)32)28(40)35(3)25(24)22-11-8-17(15-33)12-23(22)26(38)34-19-9-10-21(37)14-19/h5-8,11-13,19,21,25,37H,4,9-10,14H2,1-3H3,(H,34,38). The number of allylic oxidation sites excluding steroid dienone is 1. The van der Waals surface area contributed by atoms with Gasteiger partial charge in [-0.25, -0.2) is 9.59 Å². The number of nitrogens with one attached hydrogen (secondary N) is 1. The molecule has 2 N–H and O–H groups in total. The summed E-state index contributed by atoms with van der Waals surface area (Å²) in [4.78, 5) is 42.7. The molecule has 2 aliphatic rings. The van der Waals surface area contributed by atoms with Gasteiger partial charge in [0.15, 0.2) is 0 Å². The molecule has 0 saturated heterocycles. The predicted molar refractivity (Wildman–Crippen MR) is 141 cm³/mol. The number of hydrogen-bond acceptors (Lipinski definition) is 6. The van der Waals surface area contributed by atoms with Crippen LogP contribution in [0.5, 0.6) is 0 Å². The fourth-order valence-electron chi connectivity index (χ4n) is 5.29. The number of aliphatic hydroxyl groups excluding tert-OH is 1. The fraction of sp³-hybridized carbons (Fsp3) is 0.379. The number of ether oxygens (including phenoxy) is 1. The number of nitrogens with zero attached hydrogens (tertiary/aromatic N) is 3. The van der Waals surface area contributed by atoms with Crippen LogP contribution in [0.3, 0.4) is 0 Å². The Morgan fingerprint density at radius 2 is 1.93 bits per heavy atom. The molecule has 0 aromatic heterocycles. The maximum atomic E-state index is 13.7. The lowest BCUT2D eigenvalue weighted by Crippen LogP contribution is -2.49. The number of benzene rings is 2. The highest BCUT2D eigenvalue weighted by molar-refractivity contribution is 6.04. The van der Waals surface area contributed by atoms with Crippen molar-refractivity contribution >= 4 is 23.6 Å². The van der Waals surface area contributed by atoms with E-state index in [4.69, 9.17) is 4.74 Å². The minimum Gasteiger partial charge on any atom is -0.463 e. The SMILES string of the molecule is CCOC(=O)C1=C(C)N(c2cccc(C(F)(F)F)c2)C(=O)N(C)C1c1ccc(C#N)cc1C(=O)NC1CCC(O)C1. The summed E-state index contributed by atoms with van der Waals surface area (Å²) in [6, 6.07) is 8.22. The van der Waals surface area contributed by atoms with E-state index in [0.717, 1.165) is 28.0 Å². The van der Waals surface area contributed by atoms with Crippen molar-refractivity contribution < 1.29 is 37.4 Å². The molecule has 41 heavy (non-hydrogen) atoms. The van der Waals surface area contributed by atoms with Gasteiger partial charge in [-0.05, 0) is 69.0 Å². The third-order valence-corrected chi connectivity index (χ3v) is 7.27. The molecule has 12 heteroatoms. The second kappa shape index (κ2) is 11.6. The van der Waals surface area contributed by atoms with E-state index in [1.54, 1.807) is 6.92 Å². The van der Waals surface area contributed by atoms with Crippen LogP contribution >= 0.6 is 0 Å². The van der Waals surface area contributed by atoms with Gasteiger partial charge < -0.3 is 20.1 Å². The molecule has 1 aliphatic carbocycles. The van der Waals surface area contributed by atoms with Crippen molar-refractivity contribution in [1.29, 1.82) is 5.26 Å². The van der Waals surface area contributed by atoms with Crippen LogP contribution in [0, 0.1) is 11.3 Å². The first kappa shape index (κ1) is 29.6. The van der Waals surface area contributed by atoms with Crippen LogP contribution in [-0.2, 0) is 15.7 Å². The zero-order valence-corrected chi connectivity index (χ0v) is 22.7. The number of esters is 1. The molecule has 4 rings (SSSR count). The number of carbonyl (C=O) groups excluding carboxylic acids is 3. The van der Waals surface area contributed by atoms with Crippen LogP contribution in [0.1, 0.15) is 66.2 Å². The van der Waals surface area contributed by atoms with Crippen LogP contribution in [0.2, 0.25) is 0 Å². The summed E-state index contributed by atoms with van der Waals surface area (Å²) in [7, 11) is 1.37. The number of carbonyl (C=O) groups is 3. The number of amides is 3. The average molecular weight is 571 g/mol. The van der Waals surface area contributed by atoms with Gasteiger partial charge in [0.05, 0.1) is 47.2 Å². The Hall–Kier alpha value is -4.37. The molecule has 0 spiro atoms. The molecule has 1 saturated carbocycles. The molecule has 3 atom stereocenters. The normalized spacial score (nSPS) is 21.1. The highest BCUT2D eigenvalue weighted by Crippen LogP contribution is 2.41. The van der Waals surface area contributed by atoms with Gasteiger partial charge in [-0.3, -0.25) is 9.69 Å². The van der Waals surface area contributed by atoms with Crippen molar-refractivity contribution in [3.05, 3.63) is 76.0 Å². The molecule has 0 radical (unpaired) electrons. The largest absolute Gasteiger partial charge is 0.463 e. The Morgan fingerprint density at radius 3 is 2.54 bits per heavy atom. The molecule has 9 nitrogen and oxygen atoms in total. The molecule has 1 heterocycles. The molecular weight excluding hydrogens is 541 g/mol. The molecule has 3 amide bonds. The first-order valence-corrected chi connectivity index (χ1v) is 13.0. The van der Waals surface area contributed by atoms with E-state index in [2.05, 4.69) is 5.32 Å². The van der Waals surface area contributed by atoms with E-state index < -0.39 is 41.8 Å². The minimum absolute atomic E-state index is 0.0196. The molecule has 0 bridgehead atoms. The summed E-state index contributed by atoms with van der Waals surface area (Å²) in [5.41, 5.74) is -0.668. The van der Waals surface area contributed by atoms with Crippen molar-refractivity contribution in [2.45, 2.75) is 57.5 Å². The van der Waals surface area contributed by atoms with Gasteiger partial charge in [-0.2, -0.15) is 18.4 Å². The van der Waals surface area contributed by atoms with Crippen molar-refractivity contribution in [2.75, 3.05) is 18.6 Å². The van der Waals surface area contributed by atoms with Gasteiger partial charge in [0.1, 0.15) is 0 Å². The second-order valence-corrected chi connectivity index (χ2v) is 9.95. The smallest absolute Gasteiger partial charge is 0.416 e. The fourth-order valence-corrected chi connectivity index (χ4v) is 5.29. The van der Waals surface area contributed by atoms with Crippen LogP contribution in [0.15, 0.2) is 53.7 Å². The van der Waals surface area contributed by atoms with Crippen LogP contribution < -0.4 is 10.2 Å². The monoisotopic (exact) mass is 570 g/mol. The molecule has 2 aromatic rings. The van der Waals surface area contributed by atoms with Gasteiger partial charge in [0, 0.05) is 24.4 Å². The van der Waals surface area contributed by atoms with Crippen LogP contribution in [0.25, 0.3) is 0 Å². The van der Waals surface area contributed by atoms with Gasteiger partial charge in [0.25, 0.3) is 5.91 Å². The summed E-state index contributed by atoms with van der Waals surface area (Å²) in [6.07, 6.45) is -3.77. The van der Waals surface area contributed by atoms with E-state index in [0.29, 0.717) is 19.3 Å². The Labute approximate surface area is 234 Å². The first-order chi connectivity index (χ1) is 19.4. The zero-order valence-electron chi connectivity index (χ0n) is 22.7. The maximum absolute atomic E-state index is 13.7. The highest BCUT2D eigenvalue weighted by Gasteiger charge is 2.43. The summed E-state index contributed by atoms with van der Waals surface area (Å²) >= 11 is 0. The number of halogens is 3. The minimum atomic E-state index is -4.66. The predicted octanol–water partition coefficient (Wildman–Crippen LogP) is 4.67. The average Bonchev–Trinajstić information content (AvgIpc) is 3.34. The number of anilines is 1. The summed E-state index contributed by atoms with van der Waals surface area (Å²) in [5, 5.41) is 22.2. The van der Waals surface area contributed by atoms with Crippen LogP contribution in [-0.4, -0.2) is 53.7 Å². The number of rotatable bonds is 6. The van der Waals surface area contributed by atoms with Crippen molar-refractivity contribution in [1.82, 2.24) is 10.2 Å². The number of alkyl halides is 3. The Kier molecular flexibility index (Phi) is 8.39. The van der Waals surface area contributed by atoms with E-state index in [1.165, 1.54) is 38.2 Å². The molecule has 1 aliphatic heterocycles. The number of urea groups is 1. The topological polar surface area (TPSA) is 123 Å². The maximum Gasteiger partial charge on any atom is 0.416 e. The molecule has 1 fully saturated rings. The van der Waals surface area contributed by atoms with Crippen molar-refractivity contribution in [3.63, 3.8) is 0 Å². The number of aliphatic hydroxyl groups is 1. The van der Waals surface area contributed by atoms with Crippen molar-refractivity contribution in [2.24, 2.45) is 0 Å². The second-order valence-electron chi connectivity index (χ2n) is 9.95. The van der Waals surface area contributed by atoms with E-state index >= 15 is 0 Å². The third kappa shape index (κ3) is 5.90. The number of hydrogen-bond donors (Lipinski definition) is 2. The summed E-state index contributed by atoms with van der Waals surface area (Å²) < 4.78 is 45.7. The van der Waals surface area contributed by atoms with Gasteiger partial charge in [0.2, 0.25) is 0 Å². The molecular formula is C29H29F3N4O5. The van der Waals surface area contributed by atoms with Gasteiger partial charge in [-0.15, -0.1) is 0 Å². The Balaban J connectivity index is 1.87. The van der Waals surface area contributed by atoms with Gasteiger partial charge in [-0.1, -0.05) is 12.1 Å². The van der Waals surface area contributed by atoms with E-state index in [-0.39, 0.29) is 46.3 Å². The first-order valence-electron chi connectivity index (χ1n) is 13.0. The van der Waals surface area contributed by atoms with E-state index in [9.17, 15) is 37.9 Å². The quantitative estimate of drug-likeness (QED) is 0.487. The lowest BCUT2D eigenvalue weighted by atomic mass is 9.88. The lowest BCUT2D eigenvalue weighted by molar-refractivity contribution is -0.139. The molecule has 3 unspecified atom stereocenters. The number of likely N-dealkylation sites (N-methyl/N-ethyl adjacent to an activating group) is 1. The van der Waals surface area contributed by atoms with Crippen LogP contribution in [0.4, 0.5) is 23.7 Å².